The molecule has 34 heavy (non-hydrogen) atoms. The first-order valence-corrected chi connectivity index (χ1v) is 11.6. The largest absolute Gasteiger partial charge is 0.497 e. The van der Waals surface area contributed by atoms with E-state index < -0.39 is 11.9 Å². The van der Waals surface area contributed by atoms with Crippen molar-refractivity contribution in [3.8, 4) is 11.5 Å². The van der Waals surface area contributed by atoms with E-state index in [1.54, 1.807) is 60.5 Å². The molecule has 3 atom stereocenters. The lowest BCUT2D eigenvalue weighted by atomic mass is 9.81. The molecule has 2 heterocycles. The zero-order chi connectivity index (χ0) is 23.8. The van der Waals surface area contributed by atoms with Crippen molar-refractivity contribution in [1.82, 2.24) is 0 Å². The van der Waals surface area contributed by atoms with Gasteiger partial charge in [-0.3, -0.25) is 24.1 Å². The van der Waals surface area contributed by atoms with Gasteiger partial charge in [-0.2, -0.15) is 0 Å². The Hall–Kier alpha value is -3.68. The van der Waals surface area contributed by atoms with Gasteiger partial charge in [0.2, 0.25) is 17.7 Å². The van der Waals surface area contributed by atoms with Crippen molar-refractivity contribution >= 4 is 35.1 Å². The fourth-order valence-corrected chi connectivity index (χ4v) is 5.16. The Morgan fingerprint density at radius 1 is 0.824 bits per heavy atom. The first kappa shape index (κ1) is 22.1. The number of fused-ring (bicyclic) bond motifs is 1. The molecule has 0 radical (unpaired) electrons. The van der Waals surface area contributed by atoms with E-state index in [0.29, 0.717) is 22.9 Å². The van der Waals surface area contributed by atoms with Gasteiger partial charge in [0.15, 0.2) is 0 Å². The lowest BCUT2D eigenvalue weighted by Crippen LogP contribution is -2.30. The Bertz CT molecular complexity index is 1100. The number of imide groups is 1. The molecule has 3 amide bonds. The molecular weight excluding hydrogens is 436 g/mol. The van der Waals surface area contributed by atoms with Gasteiger partial charge in [-0.25, -0.2) is 0 Å². The quantitative estimate of drug-likeness (QED) is 0.384. The highest BCUT2D eigenvalue weighted by Gasteiger charge is 2.48. The molecule has 8 nitrogen and oxygen atoms in total. The number of nitrogens with zero attached hydrogens (tertiary/aromatic N) is 2. The Morgan fingerprint density at radius 3 is 1.97 bits per heavy atom. The summed E-state index contributed by atoms with van der Waals surface area (Å²) < 4.78 is 10.7. The minimum Gasteiger partial charge on any atom is -0.497 e. The average Bonchev–Trinajstić information content (AvgIpc) is 3.37. The standard InChI is InChI=1S/C26H26N2O6/c1-33-19-10-6-17(7-11-19)27-15-16(14-23(27)29)26(32)34-20-12-8-18(9-13-20)28-24(30)21-4-2-3-5-22(21)25(28)31/h6-13,16,21-22H,2-5,14-15H2,1H3/t16-,21-,22-/m1/s1. The Balaban J connectivity index is 1.23. The molecule has 0 unspecified atom stereocenters. The lowest BCUT2D eigenvalue weighted by molar-refractivity contribution is -0.139. The zero-order valence-electron chi connectivity index (χ0n) is 18.9. The third-order valence-electron chi connectivity index (χ3n) is 7.00. The molecular formula is C26H26N2O6. The van der Waals surface area contributed by atoms with E-state index in [0.717, 1.165) is 25.7 Å². The summed E-state index contributed by atoms with van der Waals surface area (Å²) in [5.41, 5.74) is 1.19. The first-order chi connectivity index (χ1) is 16.5. The predicted octanol–water partition coefficient (Wildman–Crippen LogP) is 3.33. The first-order valence-electron chi connectivity index (χ1n) is 11.6. The van der Waals surface area contributed by atoms with Crippen LogP contribution < -0.4 is 19.3 Å². The summed E-state index contributed by atoms with van der Waals surface area (Å²) in [6.07, 6.45) is 3.54. The molecule has 2 aromatic rings. The molecule has 2 aliphatic heterocycles. The fraction of sp³-hybridized carbons (Fsp3) is 0.385. The van der Waals surface area contributed by atoms with Crippen LogP contribution in [0.5, 0.6) is 11.5 Å². The minimum absolute atomic E-state index is 0.0719. The van der Waals surface area contributed by atoms with E-state index in [9.17, 15) is 19.2 Å². The van der Waals surface area contributed by atoms with Crippen molar-refractivity contribution in [3.05, 3.63) is 48.5 Å². The summed E-state index contributed by atoms with van der Waals surface area (Å²) in [6.45, 7) is 0.238. The molecule has 3 fully saturated rings. The highest BCUT2D eigenvalue weighted by atomic mass is 16.5. The minimum atomic E-state index is -0.584. The zero-order valence-corrected chi connectivity index (χ0v) is 18.9. The number of amides is 3. The number of hydrogen-bond donors (Lipinski definition) is 0. The molecule has 2 aromatic carbocycles. The van der Waals surface area contributed by atoms with Crippen molar-refractivity contribution in [1.29, 1.82) is 0 Å². The summed E-state index contributed by atoms with van der Waals surface area (Å²) >= 11 is 0. The van der Waals surface area contributed by atoms with E-state index in [-0.39, 0.29) is 42.5 Å². The lowest BCUT2D eigenvalue weighted by Gasteiger charge is -2.19. The van der Waals surface area contributed by atoms with Crippen molar-refractivity contribution in [3.63, 3.8) is 0 Å². The van der Waals surface area contributed by atoms with Gasteiger partial charge in [-0.15, -0.1) is 0 Å². The van der Waals surface area contributed by atoms with Crippen molar-refractivity contribution in [2.45, 2.75) is 32.1 Å². The topological polar surface area (TPSA) is 93.2 Å². The van der Waals surface area contributed by atoms with Crippen LogP contribution in [-0.4, -0.2) is 37.3 Å². The number of rotatable bonds is 5. The van der Waals surface area contributed by atoms with Gasteiger partial charge < -0.3 is 14.4 Å². The number of methoxy groups -OCH3 is 1. The average molecular weight is 463 g/mol. The smallest absolute Gasteiger partial charge is 0.316 e. The highest BCUT2D eigenvalue weighted by Crippen LogP contribution is 2.40. The number of hydrogen-bond acceptors (Lipinski definition) is 6. The Labute approximate surface area is 197 Å². The van der Waals surface area contributed by atoms with Gasteiger partial charge >= 0.3 is 5.97 Å². The summed E-state index contributed by atoms with van der Waals surface area (Å²) in [7, 11) is 1.57. The maximum absolute atomic E-state index is 12.8. The number of carbonyl (C=O) groups is 4. The molecule has 0 N–H and O–H groups in total. The number of ether oxygens (including phenoxy) is 2. The second-order valence-corrected chi connectivity index (χ2v) is 9.03. The van der Waals surface area contributed by atoms with E-state index in [2.05, 4.69) is 0 Å². The summed E-state index contributed by atoms with van der Waals surface area (Å²) in [5.74, 6) is -0.929. The fourth-order valence-electron chi connectivity index (χ4n) is 5.16. The van der Waals surface area contributed by atoms with Gasteiger partial charge in [-0.1, -0.05) is 12.8 Å². The maximum Gasteiger partial charge on any atom is 0.316 e. The highest BCUT2D eigenvalue weighted by molar-refractivity contribution is 6.22. The molecule has 176 valence electrons. The van der Waals surface area contributed by atoms with Crippen LogP contribution in [0, 0.1) is 17.8 Å². The third kappa shape index (κ3) is 3.93. The van der Waals surface area contributed by atoms with Crippen LogP contribution in [0.4, 0.5) is 11.4 Å². The van der Waals surface area contributed by atoms with Gasteiger partial charge in [0.05, 0.1) is 30.6 Å². The van der Waals surface area contributed by atoms with Crippen LogP contribution in [-0.2, 0) is 19.2 Å². The van der Waals surface area contributed by atoms with E-state index in [4.69, 9.17) is 9.47 Å². The van der Waals surface area contributed by atoms with Gasteiger partial charge in [0, 0.05) is 18.7 Å². The molecule has 0 aromatic heterocycles. The molecule has 5 rings (SSSR count). The number of carbonyl (C=O) groups excluding carboxylic acids is 4. The predicted molar refractivity (Wildman–Crippen MR) is 123 cm³/mol. The van der Waals surface area contributed by atoms with Gasteiger partial charge in [0.1, 0.15) is 11.5 Å². The number of esters is 1. The molecule has 1 saturated carbocycles. The monoisotopic (exact) mass is 462 g/mol. The van der Waals surface area contributed by atoms with Crippen molar-refractivity contribution < 1.29 is 28.7 Å². The normalized spacial score (nSPS) is 24.4. The van der Waals surface area contributed by atoms with Gasteiger partial charge in [-0.05, 0) is 61.4 Å². The SMILES string of the molecule is COc1ccc(N2C[C@H](C(=O)Oc3ccc(N4C(=O)[C@@H]5CCCC[C@H]5C4=O)cc3)CC2=O)cc1. The van der Waals surface area contributed by atoms with Gasteiger partial charge in [0.25, 0.3) is 0 Å². The van der Waals surface area contributed by atoms with Crippen molar-refractivity contribution in [2.24, 2.45) is 17.8 Å². The van der Waals surface area contributed by atoms with E-state index in [1.165, 1.54) is 4.90 Å². The second kappa shape index (κ2) is 8.93. The van der Waals surface area contributed by atoms with Crippen molar-refractivity contribution in [2.75, 3.05) is 23.5 Å². The molecule has 1 aliphatic carbocycles. The molecule has 3 aliphatic rings. The van der Waals surface area contributed by atoms with Crippen LogP contribution in [0.1, 0.15) is 32.1 Å². The molecule has 8 heteroatoms. The Kier molecular flexibility index (Phi) is 5.81. The molecule has 0 bridgehead atoms. The summed E-state index contributed by atoms with van der Waals surface area (Å²) in [6, 6.07) is 13.5. The van der Waals surface area contributed by atoms with E-state index in [1.807, 2.05) is 0 Å². The Morgan fingerprint density at radius 2 is 1.38 bits per heavy atom. The van der Waals surface area contributed by atoms with Crippen LogP contribution in [0.25, 0.3) is 0 Å². The van der Waals surface area contributed by atoms with Crippen LogP contribution in [0.15, 0.2) is 48.5 Å². The second-order valence-electron chi connectivity index (χ2n) is 9.03. The maximum atomic E-state index is 12.8. The summed E-state index contributed by atoms with van der Waals surface area (Å²) in [5, 5.41) is 0. The van der Waals surface area contributed by atoms with Crippen LogP contribution >= 0.6 is 0 Å². The van der Waals surface area contributed by atoms with Crippen LogP contribution in [0.2, 0.25) is 0 Å². The number of benzene rings is 2. The van der Waals surface area contributed by atoms with Crippen LogP contribution in [0.3, 0.4) is 0 Å². The number of anilines is 2. The third-order valence-corrected chi connectivity index (χ3v) is 7.00. The summed E-state index contributed by atoms with van der Waals surface area (Å²) in [4.78, 5) is 53.6. The molecule has 2 saturated heterocycles. The molecule has 0 spiro atoms. The van der Waals surface area contributed by atoms with E-state index >= 15 is 0 Å².